The second-order valence-corrected chi connectivity index (χ2v) is 7.46. The Morgan fingerprint density at radius 3 is 2.50 bits per heavy atom. The number of pyridine rings is 1. The molecule has 2 aromatic heterocycles. The Balaban J connectivity index is 1.37. The fraction of sp³-hybridized carbons (Fsp3) is 0.368. The minimum atomic E-state index is 0.980. The summed E-state index contributed by atoms with van der Waals surface area (Å²) in [6.45, 7) is 8.46. The number of hydrogen-bond acceptors (Lipinski definition) is 5. The lowest BCUT2D eigenvalue weighted by Gasteiger charge is -2.34. The minimum Gasteiger partial charge on any atom is -0.296 e. The van der Waals surface area contributed by atoms with Gasteiger partial charge in [-0.15, -0.1) is 11.3 Å². The van der Waals surface area contributed by atoms with Crippen LogP contribution in [-0.2, 0) is 13.1 Å². The molecule has 0 aliphatic carbocycles. The van der Waals surface area contributed by atoms with Crippen LogP contribution in [0.4, 0.5) is 0 Å². The predicted molar refractivity (Wildman–Crippen MR) is 99.1 cm³/mol. The van der Waals surface area contributed by atoms with Crippen LogP contribution < -0.4 is 0 Å². The summed E-state index contributed by atoms with van der Waals surface area (Å²) in [5.74, 6) is 0. The first-order valence-electron chi connectivity index (χ1n) is 8.46. The largest absolute Gasteiger partial charge is 0.296 e. The number of para-hydroxylation sites is 1. The van der Waals surface area contributed by atoms with Crippen LogP contribution in [0.1, 0.15) is 16.3 Å². The van der Waals surface area contributed by atoms with Crippen LogP contribution in [0.25, 0.3) is 10.9 Å². The van der Waals surface area contributed by atoms with Gasteiger partial charge in [0.05, 0.1) is 16.2 Å². The van der Waals surface area contributed by atoms with E-state index >= 15 is 0 Å². The molecule has 0 amide bonds. The smallest absolute Gasteiger partial charge is 0.0897 e. The van der Waals surface area contributed by atoms with Gasteiger partial charge in [0.25, 0.3) is 0 Å². The number of aromatic nitrogens is 2. The molecule has 124 valence electrons. The number of aryl methyl sites for hydroxylation is 1. The first kappa shape index (κ1) is 15.7. The van der Waals surface area contributed by atoms with Crippen LogP contribution in [0.15, 0.2) is 41.9 Å². The van der Waals surface area contributed by atoms with Crippen LogP contribution in [0, 0.1) is 6.92 Å². The highest BCUT2D eigenvalue weighted by Gasteiger charge is 2.18. The van der Waals surface area contributed by atoms with Crippen molar-refractivity contribution in [3.8, 4) is 0 Å². The Kier molecular flexibility index (Phi) is 4.56. The van der Waals surface area contributed by atoms with E-state index in [1.165, 1.54) is 16.6 Å². The summed E-state index contributed by atoms with van der Waals surface area (Å²) >= 11 is 1.74. The molecule has 4 nitrogen and oxygen atoms in total. The lowest BCUT2D eigenvalue weighted by molar-refractivity contribution is 0.121. The predicted octanol–water partition coefficient (Wildman–Crippen LogP) is 3.32. The van der Waals surface area contributed by atoms with Crippen LogP contribution in [-0.4, -0.2) is 45.9 Å². The van der Waals surface area contributed by atoms with E-state index in [1.807, 2.05) is 12.3 Å². The number of thiazole rings is 1. The maximum atomic E-state index is 4.58. The topological polar surface area (TPSA) is 32.3 Å². The van der Waals surface area contributed by atoms with Crippen molar-refractivity contribution in [3.05, 3.63) is 58.2 Å². The fourth-order valence-electron chi connectivity index (χ4n) is 3.35. The van der Waals surface area contributed by atoms with Crippen LogP contribution >= 0.6 is 11.3 Å². The molecule has 0 saturated carbocycles. The Bertz CT molecular complexity index is 816. The Hall–Kier alpha value is -1.82. The average Bonchev–Trinajstić information content (AvgIpc) is 3.02. The molecule has 3 aromatic rings. The zero-order valence-electron chi connectivity index (χ0n) is 14.0. The molecule has 3 heterocycles. The number of hydrogen-bond donors (Lipinski definition) is 0. The van der Waals surface area contributed by atoms with E-state index in [0.29, 0.717) is 0 Å². The number of rotatable bonds is 4. The maximum absolute atomic E-state index is 4.58. The van der Waals surface area contributed by atoms with Crippen molar-refractivity contribution in [2.24, 2.45) is 0 Å². The Morgan fingerprint density at radius 2 is 1.75 bits per heavy atom. The molecule has 5 heteroatoms. The quantitative estimate of drug-likeness (QED) is 0.730. The summed E-state index contributed by atoms with van der Waals surface area (Å²) in [7, 11) is 0. The van der Waals surface area contributed by atoms with Crippen molar-refractivity contribution < 1.29 is 0 Å². The molecule has 4 rings (SSSR count). The van der Waals surface area contributed by atoms with Crippen molar-refractivity contribution in [2.75, 3.05) is 26.2 Å². The van der Waals surface area contributed by atoms with Gasteiger partial charge in [0.2, 0.25) is 0 Å². The molecule has 1 aliphatic rings. The van der Waals surface area contributed by atoms with Crippen molar-refractivity contribution in [2.45, 2.75) is 20.0 Å². The molecular weight excluding hydrogens is 316 g/mol. The first-order chi connectivity index (χ1) is 11.8. The molecule has 0 bridgehead atoms. The van der Waals surface area contributed by atoms with Gasteiger partial charge in [-0.3, -0.25) is 14.8 Å². The number of piperazine rings is 1. The number of fused-ring (bicyclic) bond motifs is 1. The molecule has 0 atom stereocenters. The summed E-state index contributed by atoms with van der Waals surface area (Å²) < 4.78 is 0. The third-order valence-corrected chi connectivity index (χ3v) is 5.45. The van der Waals surface area contributed by atoms with Gasteiger partial charge >= 0.3 is 0 Å². The first-order valence-corrected chi connectivity index (χ1v) is 9.34. The van der Waals surface area contributed by atoms with E-state index < -0.39 is 0 Å². The highest BCUT2D eigenvalue weighted by molar-refractivity contribution is 7.09. The molecule has 0 N–H and O–H groups in total. The summed E-state index contributed by atoms with van der Waals surface area (Å²) in [4.78, 5) is 14.2. The zero-order chi connectivity index (χ0) is 16.4. The van der Waals surface area contributed by atoms with Gasteiger partial charge in [-0.25, -0.2) is 4.98 Å². The number of nitrogens with zero attached hydrogens (tertiary/aromatic N) is 4. The summed E-state index contributed by atoms with van der Waals surface area (Å²) in [5, 5.41) is 4.57. The van der Waals surface area contributed by atoms with E-state index in [-0.39, 0.29) is 0 Å². The average molecular weight is 338 g/mol. The van der Waals surface area contributed by atoms with Gasteiger partial charge < -0.3 is 0 Å². The molecule has 0 spiro atoms. The standard InChI is InChI=1S/C19H22N4S/c1-15-21-18(14-24-15)13-23-10-8-22(9-11-23)12-17-5-2-4-16-6-3-7-20-19(16)17/h2-7,14H,8-13H2,1H3. The van der Waals surface area contributed by atoms with Gasteiger partial charge in [-0.2, -0.15) is 0 Å². The van der Waals surface area contributed by atoms with E-state index in [0.717, 1.165) is 49.8 Å². The van der Waals surface area contributed by atoms with Gasteiger partial charge in [-0.05, 0) is 18.6 Å². The van der Waals surface area contributed by atoms with Gasteiger partial charge in [0.15, 0.2) is 0 Å². The normalized spacial score (nSPS) is 16.7. The fourth-order valence-corrected chi connectivity index (χ4v) is 3.96. The van der Waals surface area contributed by atoms with Gasteiger partial charge in [-0.1, -0.05) is 24.3 Å². The third kappa shape index (κ3) is 3.48. The highest BCUT2D eigenvalue weighted by Crippen LogP contribution is 2.19. The Labute approximate surface area is 146 Å². The molecule has 1 saturated heterocycles. The second-order valence-electron chi connectivity index (χ2n) is 6.40. The van der Waals surface area contributed by atoms with Crippen LogP contribution in [0.3, 0.4) is 0 Å². The molecule has 1 fully saturated rings. The molecular formula is C19H22N4S. The summed E-state index contributed by atoms with van der Waals surface area (Å²) in [6.07, 6.45) is 1.89. The zero-order valence-corrected chi connectivity index (χ0v) is 14.8. The van der Waals surface area contributed by atoms with E-state index in [1.54, 1.807) is 11.3 Å². The van der Waals surface area contributed by atoms with E-state index in [4.69, 9.17) is 0 Å². The van der Waals surface area contributed by atoms with Crippen molar-refractivity contribution in [1.82, 2.24) is 19.8 Å². The lowest BCUT2D eigenvalue weighted by Crippen LogP contribution is -2.45. The molecule has 0 unspecified atom stereocenters. The maximum Gasteiger partial charge on any atom is 0.0897 e. The summed E-state index contributed by atoms with van der Waals surface area (Å²) in [5.41, 5.74) is 3.68. The molecule has 24 heavy (non-hydrogen) atoms. The third-order valence-electron chi connectivity index (χ3n) is 4.63. The Morgan fingerprint density at radius 1 is 1.00 bits per heavy atom. The molecule has 1 aromatic carbocycles. The van der Waals surface area contributed by atoms with Crippen LogP contribution in [0.2, 0.25) is 0 Å². The molecule has 0 radical (unpaired) electrons. The lowest BCUT2D eigenvalue weighted by atomic mass is 10.1. The van der Waals surface area contributed by atoms with Gasteiger partial charge in [0, 0.05) is 56.2 Å². The second kappa shape index (κ2) is 6.97. The SMILES string of the molecule is Cc1nc(CN2CCN(Cc3cccc4cccnc34)CC2)cs1. The summed E-state index contributed by atoms with van der Waals surface area (Å²) in [6, 6.07) is 10.6. The number of benzene rings is 1. The van der Waals surface area contributed by atoms with Gasteiger partial charge in [0.1, 0.15) is 0 Å². The van der Waals surface area contributed by atoms with E-state index in [9.17, 15) is 0 Å². The van der Waals surface area contributed by atoms with Crippen molar-refractivity contribution in [3.63, 3.8) is 0 Å². The minimum absolute atomic E-state index is 0.980. The van der Waals surface area contributed by atoms with E-state index in [2.05, 4.69) is 56.3 Å². The highest BCUT2D eigenvalue weighted by atomic mass is 32.1. The molecule has 1 aliphatic heterocycles. The van der Waals surface area contributed by atoms with Crippen molar-refractivity contribution in [1.29, 1.82) is 0 Å². The monoisotopic (exact) mass is 338 g/mol. The van der Waals surface area contributed by atoms with Crippen LogP contribution in [0.5, 0.6) is 0 Å². The van der Waals surface area contributed by atoms with Crippen molar-refractivity contribution >= 4 is 22.2 Å².